The van der Waals surface area contributed by atoms with Gasteiger partial charge in [-0.25, -0.2) is 4.98 Å². The first kappa shape index (κ1) is 8.75. The van der Waals surface area contributed by atoms with Crippen LogP contribution in [0.25, 0.3) is 0 Å². The molecule has 1 saturated carbocycles. The molecule has 1 fully saturated rings. The first-order valence-corrected chi connectivity index (χ1v) is 5.10. The van der Waals surface area contributed by atoms with Gasteiger partial charge in [-0.1, -0.05) is 0 Å². The maximum absolute atomic E-state index is 8.82. The number of hydrogen-bond acceptors (Lipinski definition) is 3. The molecule has 0 atom stereocenters. The Balaban J connectivity index is 2.27. The second kappa shape index (κ2) is 3.50. The molecule has 0 unspecified atom stereocenters. The van der Waals surface area contributed by atoms with E-state index in [9.17, 15) is 0 Å². The van der Waals surface area contributed by atoms with Crippen LogP contribution in [-0.4, -0.2) is 11.1 Å². The van der Waals surface area contributed by atoms with E-state index in [4.69, 9.17) is 10.00 Å². The summed E-state index contributed by atoms with van der Waals surface area (Å²) in [5.41, 5.74) is 0.575. The molecule has 3 nitrogen and oxygen atoms in total. The van der Waals surface area contributed by atoms with Crippen LogP contribution in [0.1, 0.15) is 18.4 Å². The van der Waals surface area contributed by atoms with Gasteiger partial charge in [-0.15, -0.1) is 0 Å². The summed E-state index contributed by atoms with van der Waals surface area (Å²) in [6, 6.07) is 3.83. The van der Waals surface area contributed by atoms with Crippen LogP contribution in [0.2, 0.25) is 0 Å². The largest absolute Gasteiger partial charge is 0.487 e. The van der Waals surface area contributed by atoms with Crippen LogP contribution in [0.4, 0.5) is 0 Å². The molecule has 1 heterocycles. The molecule has 0 amide bonds. The number of pyridine rings is 1. The predicted molar refractivity (Wildman–Crippen MR) is 55.3 cm³/mol. The molecule has 66 valence electrons. The monoisotopic (exact) mass is 286 g/mol. The Bertz CT molecular complexity index is 368. The fraction of sp³-hybridized carbons (Fsp3) is 0.333. The summed E-state index contributed by atoms with van der Waals surface area (Å²) in [4.78, 5) is 4.08. The van der Waals surface area contributed by atoms with E-state index in [1.165, 1.54) is 0 Å². The van der Waals surface area contributed by atoms with Crippen LogP contribution in [-0.2, 0) is 0 Å². The minimum atomic E-state index is 0.314. The van der Waals surface area contributed by atoms with E-state index in [0.29, 0.717) is 17.4 Å². The second-order valence-electron chi connectivity index (χ2n) is 2.93. The fourth-order valence-electron chi connectivity index (χ4n) is 0.964. The molecular weight excluding hydrogens is 279 g/mol. The quantitative estimate of drug-likeness (QED) is 0.618. The normalized spacial score (nSPS) is 15.1. The zero-order chi connectivity index (χ0) is 9.26. The third-order valence-electron chi connectivity index (χ3n) is 1.77. The van der Waals surface area contributed by atoms with Crippen LogP contribution in [0, 0.1) is 15.0 Å². The van der Waals surface area contributed by atoms with Crippen molar-refractivity contribution in [3.05, 3.63) is 21.5 Å². The van der Waals surface area contributed by atoms with Gasteiger partial charge in [0.2, 0.25) is 0 Å². The van der Waals surface area contributed by atoms with E-state index >= 15 is 0 Å². The van der Waals surface area contributed by atoms with Crippen LogP contribution in [0.5, 0.6) is 5.75 Å². The van der Waals surface area contributed by atoms with Crippen LogP contribution >= 0.6 is 22.6 Å². The van der Waals surface area contributed by atoms with Crippen molar-refractivity contribution in [2.24, 2.45) is 0 Å². The topological polar surface area (TPSA) is 45.9 Å². The van der Waals surface area contributed by atoms with Gasteiger partial charge in [0, 0.05) is 0 Å². The molecule has 0 saturated heterocycles. The van der Waals surface area contributed by atoms with Gasteiger partial charge in [0.25, 0.3) is 0 Å². The maximum Gasteiger partial charge on any atom is 0.155 e. The van der Waals surface area contributed by atoms with Crippen molar-refractivity contribution in [3.8, 4) is 11.8 Å². The van der Waals surface area contributed by atoms with Crippen molar-refractivity contribution in [2.75, 3.05) is 0 Å². The molecular formula is C9H7IN2O. The standard InChI is InChI=1S/C9H7IN2O/c10-9-3-6(4-11)8(5-12-9)13-7-1-2-7/h3,5,7H,1-2H2. The third-order valence-corrected chi connectivity index (χ3v) is 2.36. The smallest absolute Gasteiger partial charge is 0.155 e. The van der Waals surface area contributed by atoms with Crippen molar-refractivity contribution in [1.29, 1.82) is 5.26 Å². The maximum atomic E-state index is 8.82. The van der Waals surface area contributed by atoms with E-state index in [1.807, 2.05) is 0 Å². The Morgan fingerprint density at radius 1 is 1.62 bits per heavy atom. The molecule has 0 aliphatic heterocycles. The Kier molecular flexibility index (Phi) is 2.36. The molecule has 1 aliphatic carbocycles. The molecule has 1 aliphatic rings. The van der Waals surface area contributed by atoms with Crippen molar-refractivity contribution in [1.82, 2.24) is 4.98 Å². The molecule has 1 aromatic rings. The summed E-state index contributed by atoms with van der Waals surface area (Å²) in [5.74, 6) is 0.616. The highest BCUT2D eigenvalue weighted by molar-refractivity contribution is 14.1. The van der Waals surface area contributed by atoms with Crippen LogP contribution in [0.3, 0.4) is 0 Å². The van der Waals surface area contributed by atoms with E-state index in [1.54, 1.807) is 12.3 Å². The third kappa shape index (κ3) is 2.10. The highest BCUT2D eigenvalue weighted by Crippen LogP contribution is 2.28. The Labute approximate surface area is 89.9 Å². The van der Waals surface area contributed by atoms with Gasteiger partial charge in [-0.3, -0.25) is 0 Å². The molecule has 0 bridgehead atoms. The van der Waals surface area contributed by atoms with E-state index in [2.05, 4.69) is 33.6 Å². The van der Waals surface area contributed by atoms with Crippen molar-refractivity contribution >= 4 is 22.6 Å². The lowest BCUT2D eigenvalue weighted by molar-refractivity contribution is 0.301. The Morgan fingerprint density at radius 2 is 2.38 bits per heavy atom. The second-order valence-corrected chi connectivity index (χ2v) is 4.04. The number of hydrogen-bond donors (Lipinski definition) is 0. The van der Waals surface area contributed by atoms with E-state index in [0.717, 1.165) is 16.5 Å². The molecule has 4 heteroatoms. The van der Waals surface area contributed by atoms with E-state index < -0.39 is 0 Å². The molecule has 0 spiro atoms. The highest BCUT2D eigenvalue weighted by atomic mass is 127. The number of nitriles is 1. The number of ether oxygens (including phenoxy) is 1. The van der Waals surface area contributed by atoms with Crippen molar-refractivity contribution in [2.45, 2.75) is 18.9 Å². The summed E-state index contributed by atoms with van der Waals surface area (Å²) >= 11 is 2.08. The van der Waals surface area contributed by atoms with E-state index in [-0.39, 0.29) is 0 Å². The highest BCUT2D eigenvalue weighted by Gasteiger charge is 2.24. The zero-order valence-corrected chi connectivity index (χ0v) is 8.98. The van der Waals surface area contributed by atoms with Gasteiger partial charge in [0.15, 0.2) is 5.75 Å². The van der Waals surface area contributed by atoms with Crippen LogP contribution in [0.15, 0.2) is 12.3 Å². The average Bonchev–Trinajstić information content (AvgIpc) is 2.92. The Morgan fingerprint density at radius 3 is 3.00 bits per heavy atom. The molecule has 0 aromatic carbocycles. The molecule has 1 aromatic heterocycles. The lowest BCUT2D eigenvalue weighted by Crippen LogP contribution is -1.99. The molecule has 2 rings (SSSR count). The Hall–Kier alpha value is -0.830. The lowest BCUT2D eigenvalue weighted by atomic mass is 10.3. The molecule has 0 N–H and O–H groups in total. The number of rotatable bonds is 2. The van der Waals surface area contributed by atoms with Crippen molar-refractivity contribution in [3.63, 3.8) is 0 Å². The fourth-order valence-corrected chi connectivity index (χ4v) is 1.41. The summed E-state index contributed by atoms with van der Waals surface area (Å²) in [6.45, 7) is 0. The van der Waals surface area contributed by atoms with Gasteiger partial charge < -0.3 is 4.74 Å². The average molecular weight is 286 g/mol. The minimum Gasteiger partial charge on any atom is -0.487 e. The summed E-state index contributed by atoms with van der Waals surface area (Å²) < 4.78 is 6.33. The summed E-state index contributed by atoms with van der Waals surface area (Å²) in [5, 5.41) is 8.82. The van der Waals surface area contributed by atoms with Gasteiger partial charge in [-0.2, -0.15) is 5.26 Å². The molecule has 13 heavy (non-hydrogen) atoms. The number of aromatic nitrogens is 1. The number of nitrogens with zero attached hydrogens (tertiary/aromatic N) is 2. The van der Waals surface area contributed by atoms with Gasteiger partial charge in [-0.05, 0) is 41.5 Å². The van der Waals surface area contributed by atoms with Gasteiger partial charge >= 0.3 is 0 Å². The molecule has 0 radical (unpaired) electrons. The van der Waals surface area contributed by atoms with Gasteiger partial charge in [0.05, 0.1) is 17.9 Å². The first-order valence-electron chi connectivity index (χ1n) is 4.02. The summed E-state index contributed by atoms with van der Waals surface area (Å²) in [7, 11) is 0. The number of halogens is 1. The van der Waals surface area contributed by atoms with Crippen LogP contribution < -0.4 is 4.74 Å². The van der Waals surface area contributed by atoms with Crippen molar-refractivity contribution < 1.29 is 4.74 Å². The minimum absolute atomic E-state index is 0.314. The predicted octanol–water partition coefficient (Wildman–Crippen LogP) is 2.10. The zero-order valence-electron chi connectivity index (χ0n) is 6.83. The first-order chi connectivity index (χ1) is 6.29. The lowest BCUT2D eigenvalue weighted by Gasteiger charge is -2.04. The SMILES string of the molecule is N#Cc1cc(I)ncc1OC1CC1. The van der Waals surface area contributed by atoms with Gasteiger partial charge in [0.1, 0.15) is 9.77 Å². The summed E-state index contributed by atoms with van der Waals surface area (Å²) in [6.07, 6.45) is 4.13.